The van der Waals surface area contributed by atoms with Crippen LogP contribution in [0.5, 0.6) is 0 Å². The van der Waals surface area contributed by atoms with Crippen LogP contribution in [0.25, 0.3) is 0 Å². The lowest BCUT2D eigenvalue weighted by Crippen LogP contribution is -2.21. The lowest BCUT2D eigenvalue weighted by atomic mass is 9.91. The summed E-state index contributed by atoms with van der Waals surface area (Å²) < 4.78 is 13.3. The van der Waals surface area contributed by atoms with Gasteiger partial charge in [-0.2, -0.15) is 0 Å². The normalized spacial score (nSPS) is 29.3. The summed E-state index contributed by atoms with van der Waals surface area (Å²) in [6.07, 6.45) is 4.22. The highest BCUT2D eigenvalue weighted by Crippen LogP contribution is 2.68. The van der Waals surface area contributed by atoms with Gasteiger partial charge >= 0.3 is 0 Å². The molecule has 1 aliphatic rings. The molecule has 1 N–H and O–H groups in total. The smallest absolute Gasteiger partial charge is 0.141 e. The lowest BCUT2D eigenvalue weighted by molar-refractivity contribution is 0.504. The second kappa shape index (κ2) is 4.61. The zero-order valence-electron chi connectivity index (χ0n) is 11.8. The predicted octanol–water partition coefficient (Wildman–Crippen LogP) is 3.13. The van der Waals surface area contributed by atoms with E-state index in [2.05, 4.69) is 38.0 Å². The van der Waals surface area contributed by atoms with Gasteiger partial charge in [-0.1, -0.05) is 27.7 Å². The van der Waals surface area contributed by atoms with E-state index in [9.17, 15) is 4.39 Å². The summed E-state index contributed by atoms with van der Waals surface area (Å²) >= 11 is 0. The fourth-order valence-electron chi connectivity index (χ4n) is 3.25. The Labute approximate surface area is 109 Å². The Morgan fingerprint density at radius 3 is 2.67 bits per heavy atom. The molecule has 1 saturated carbocycles. The predicted molar refractivity (Wildman–Crippen MR) is 72.0 cm³/mol. The molecule has 2 rings (SSSR count). The standard InChI is InChI=1S/C15H23FN2/c1-5-6-17-10-13-14(2,3)15(13,4)11-7-12(16)9-18-8-11/h7-9,13,17H,5-6,10H2,1-4H3. The molecule has 0 spiro atoms. The summed E-state index contributed by atoms with van der Waals surface area (Å²) in [6, 6.07) is 1.63. The minimum absolute atomic E-state index is 0.0306. The van der Waals surface area contributed by atoms with Crippen LogP contribution in [0.15, 0.2) is 18.5 Å². The van der Waals surface area contributed by atoms with Crippen LogP contribution in [0.2, 0.25) is 0 Å². The molecule has 18 heavy (non-hydrogen) atoms. The van der Waals surface area contributed by atoms with Gasteiger partial charge in [0, 0.05) is 11.6 Å². The van der Waals surface area contributed by atoms with E-state index in [1.165, 1.54) is 6.20 Å². The van der Waals surface area contributed by atoms with E-state index in [0.717, 1.165) is 25.1 Å². The first-order chi connectivity index (χ1) is 8.44. The minimum Gasteiger partial charge on any atom is -0.316 e. The molecule has 100 valence electrons. The molecule has 0 bridgehead atoms. The number of hydrogen-bond acceptors (Lipinski definition) is 2. The zero-order chi connectivity index (χ0) is 13.4. The largest absolute Gasteiger partial charge is 0.316 e. The molecule has 1 aromatic heterocycles. The molecule has 2 unspecified atom stereocenters. The fraction of sp³-hybridized carbons (Fsp3) is 0.667. The van der Waals surface area contributed by atoms with Crippen molar-refractivity contribution >= 4 is 0 Å². The molecule has 1 aliphatic carbocycles. The van der Waals surface area contributed by atoms with E-state index in [-0.39, 0.29) is 16.6 Å². The first-order valence-corrected chi connectivity index (χ1v) is 6.76. The third-order valence-electron chi connectivity index (χ3n) is 4.90. The molecule has 2 nitrogen and oxygen atoms in total. The number of nitrogens with zero attached hydrogens (tertiary/aromatic N) is 1. The maximum atomic E-state index is 13.3. The van der Waals surface area contributed by atoms with E-state index < -0.39 is 0 Å². The van der Waals surface area contributed by atoms with Crippen molar-refractivity contribution in [3.8, 4) is 0 Å². The number of pyridine rings is 1. The van der Waals surface area contributed by atoms with Gasteiger partial charge in [0.15, 0.2) is 0 Å². The van der Waals surface area contributed by atoms with Gasteiger partial charge in [0.05, 0.1) is 6.20 Å². The van der Waals surface area contributed by atoms with Crippen LogP contribution < -0.4 is 5.32 Å². The molecule has 0 radical (unpaired) electrons. The fourth-order valence-corrected chi connectivity index (χ4v) is 3.25. The third kappa shape index (κ3) is 1.95. The average Bonchev–Trinajstić information content (AvgIpc) is 2.76. The second-order valence-electron chi connectivity index (χ2n) is 6.07. The summed E-state index contributed by atoms with van der Waals surface area (Å²) in [7, 11) is 0. The monoisotopic (exact) mass is 250 g/mol. The topological polar surface area (TPSA) is 24.9 Å². The highest BCUT2D eigenvalue weighted by molar-refractivity contribution is 5.37. The van der Waals surface area contributed by atoms with Crippen LogP contribution in [0.4, 0.5) is 4.39 Å². The van der Waals surface area contributed by atoms with Crippen molar-refractivity contribution in [3.05, 3.63) is 29.8 Å². The quantitative estimate of drug-likeness (QED) is 0.812. The van der Waals surface area contributed by atoms with Crippen molar-refractivity contribution < 1.29 is 4.39 Å². The highest BCUT2D eigenvalue weighted by Gasteiger charge is 2.68. The average molecular weight is 250 g/mol. The summed E-state index contributed by atoms with van der Waals surface area (Å²) in [5.41, 5.74) is 1.25. The van der Waals surface area contributed by atoms with Gasteiger partial charge in [-0.25, -0.2) is 4.39 Å². The Bertz CT molecular complexity index is 430. The van der Waals surface area contributed by atoms with Gasteiger partial charge in [-0.15, -0.1) is 0 Å². The maximum absolute atomic E-state index is 13.3. The molecule has 2 atom stereocenters. The zero-order valence-corrected chi connectivity index (χ0v) is 11.8. The van der Waals surface area contributed by atoms with Crippen LogP contribution in [0.3, 0.4) is 0 Å². The lowest BCUT2D eigenvalue weighted by Gasteiger charge is -2.14. The molecule has 0 aliphatic heterocycles. The van der Waals surface area contributed by atoms with E-state index in [0.29, 0.717) is 5.92 Å². The molecular formula is C15H23FN2. The van der Waals surface area contributed by atoms with E-state index in [4.69, 9.17) is 0 Å². The minimum atomic E-state index is -0.239. The molecule has 1 heterocycles. The summed E-state index contributed by atoms with van der Waals surface area (Å²) in [5, 5.41) is 3.48. The van der Waals surface area contributed by atoms with Crippen LogP contribution in [-0.4, -0.2) is 18.1 Å². The second-order valence-corrected chi connectivity index (χ2v) is 6.07. The SMILES string of the molecule is CCCNCC1C(C)(C)C1(C)c1cncc(F)c1. The Morgan fingerprint density at radius 1 is 1.33 bits per heavy atom. The van der Waals surface area contributed by atoms with Gasteiger partial charge in [-0.3, -0.25) is 4.98 Å². The van der Waals surface area contributed by atoms with Crippen molar-refractivity contribution in [2.24, 2.45) is 11.3 Å². The number of hydrogen-bond donors (Lipinski definition) is 1. The van der Waals surface area contributed by atoms with E-state index >= 15 is 0 Å². The van der Waals surface area contributed by atoms with Crippen LogP contribution in [-0.2, 0) is 5.41 Å². The molecule has 1 aromatic rings. The van der Waals surface area contributed by atoms with E-state index in [1.54, 1.807) is 6.07 Å². The van der Waals surface area contributed by atoms with Gasteiger partial charge in [0.1, 0.15) is 5.82 Å². The Balaban J connectivity index is 2.16. The van der Waals surface area contributed by atoms with Crippen molar-refractivity contribution in [2.75, 3.05) is 13.1 Å². The van der Waals surface area contributed by atoms with E-state index in [1.807, 2.05) is 6.20 Å². The molecule has 0 saturated heterocycles. The van der Waals surface area contributed by atoms with Crippen molar-refractivity contribution in [1.29, 1.82) is 0 Å². The summed E-state index contributed by atoms with van der Waals surface area (Å²) in [6.45, 7) is 11.0. The van der Waals surface area contributed by atoms with Crippen LogP contribution in [0.1, 0.15) is 39.7 Å². The molecule has 0 aromatic carbocycles. The first-order valence-electron chi connectivity index (χ1n) is 6.76. The Morgan fingerprint density at radius 2 is 2.06 bits per heavy atom. The molecule has 3 heteroatoms. The van der Waals surface area contributed by atoms with Crippen LogP contribution >= 0.6 is 0 Å². The third-order valence-corrected chi connectivity index (χ3v) is 4.90. The van der Waals surface area contributed by atoms with Gasteiger partial charge < -0.3 is 5.32 Å². The van der Waals surface area contributed by atoms with Crippen molar-refractivity contribution in [3.63, 3.8) is 0 Å². The molecule has 0 amide bonds. The Kier molecular flexibility index (Phi) is 3.45. The first kappa shape index (κ1) is 13.5. The number of halogens is 1. The molecule has 1 fully saturated rings. The van der Waals surface area contributed by atoms with Gasteiger partial charge in [-0.05, 0) is 42.5 Å². The molecular weight excluding hydrogens is 227 g/mol. The summed E-state index contributed by atoms with van der Waals surface area (Å²) in [4.78, 5) is 3.99. The summed E-state index contributed by atoms with van der Waals surface area (Å²) in [5.74, 6) is 0.303. The van der Waals surface area contributed by atoms with Crippen molar-refractivity contribution in [1.82, 2.24) is 10.3 Å². The van der Waals surface area contributed by atoms with Crippen molar-refractivity contribution in [2.45, 2.75) is 39.5 Å². The van der Waals surface area contributed by atoms with Crippen LogP contribution in [0, 0.1) is 17.2 Å². The van der Waals surface area contributed by atoms with Gasteiger partial charge in [0.2, 0.25) is 0 Å². The number of nitrogens with one attached hydrogen (secondary N) is 1. The Hall–Kier alpha value is -0.960. The van der Waals surface area contributed by atoms with Gasteiger partial charge in [0.25, 0.3) is 0 Å². The maximum Gasteiger partial charge on any atom is 0.141 e. The number of aromatic nitrogens is 1. The highest BCUT2D eigenvalue weighted by atomic mass is 19.1. The number of rotatable bonds is 5.